The number of unbranched alkanes of at least 4 members (excludes halogenated alkanes) is 28. The Morgan fingerprint density at radius 1 is 0.344 bits per heavy atom. The fourth-order valence-electron chi connectivity index (χ4n) is 7.43. The van der Waals surface area contributed by atoms with E-state index >= 15 is 0 Å². The van der Waals surface area contributed by atoms with Gasteiger partial charge in [0.1, 0.15) is 13.2 Å². The van der Waals surface area contributed by atoms with Gasteiger partial charge in [-0.15, -0.1) is 0 Å². The highest BCUT2D eigenvalue weighted by Crippen LogP contribution is 2.16. The van der Waals surface area contributed by atoms with E-state index in [1.54, 1.807) is 0 Å². The molecule has 0 N–H and O–H groups in total. The molecule has 354 valence electrons. The minimum absolute atomic E-state index is 0.0695. The maximum Gasteiger partial charge on any atom is 0.306 e. The second-order valence-electron chi connectivity index (χ2n) is 17.4. The maximum absolute atomic E-state index is 12.5. The lowest BCUT2D eigenvalue weighted by Crippen LogP contribution is -2.30. The van der Waals surface area contributed by atoms with Crippen molar-refractivity contribution in [1.82, 2.24) is 0 Å². The molecule has 0 radical (unpaired) electrons. The number of esters is 3. The van der Waals surface area contributed by atoms with Crippen molar-refractivity contribution in [3.8, 4) is 0 Å². The molecule has 0 aromatic carbocycles. The van der Waals surface area contributed by atoms with Crippen molar-refractivity contribution in [3.63, 3.8) is 0 Å². The molecule has 0 aliphatic rings. The highest BCUT2D eigenvalue weighted by atomic mass is 16.6. The monoisotopic (exact) mass is 855 g/mol. The Labute approximate surface area is 378 Å². The number of ether oxygens (including phenoxy) is 3. The lowest BCUT2D eigenvalue weighted by molar-refractivity contribution is -0.167. The van der Waals surface area contributed by atoms with E-state index in [1.807, 2.05) is 0 Å². The summed E-state index contributed by atoms with van der Waals surface area (Å²) < 4.78 is 16.6. The Kier molecular flexibility index (Phi) is 47.9. The molecule has 0 saturated carbocycles. The molecular formula is C55H98O6. The summed E-state index contributed by atoms with van der Waals surface area (Å²) in [7, 11) is 0. The van der Waals surface area contributed by atoms with Gasteiger partial charge in [0.15, 0.2) is 6.10 Å². The van der Waals surface area contributed by atoms with Gasteiger partial charge in [-0.1, -0.05) is 236 Å². The predicted molar refractivity (Wildman–Crippen MR) is 261 cm³/mol. The molecule has 0 saturated heterocycles. The Morgan fingerprint density at radius 2 is 0.639 bits per heavy atom. The van der Waals surface area contributed by atoms with Crippen LogP contribution in [-0.2, 0) is 28.6 Å². The molecular weight excluding hydrogens is 757 g/mol. The van der Waals surface area contributed by atoms with Crippen LogP contribution in [-0.4, -0.2) is 37.2 Å². The number of carbonyl (C=O) groups is 3. The van der Waals surface area contributed by atoms with Crippen LogP contribution in [0.15, 0.2) is 48.6 Å². The molecule has 6 heteroatoms. The van der Waals surface area contributed by atoms with Gasteiger partial charge >= 0.3 is 17.9 Å². The molecule has 1 atom stereocenters. The third-order valence-corrected chi connectivity index (χ3v) is 11.3. The molecule has 6 nitrogen and oxygen atoms in total. The van der Waals surface area contributed by atoms with Crippen LogP contribution >= 0.6 is 0 Å². The number of hydrogen-bond donors (Lipinski definition) is 0. The van der Waals surface area contributed by atoms with E-state index < -0.39 is 6.10 Å². The maximum atomic E-state index is 12.5. The van der Waals surface area contributed by atoms with Crippen LogP contribution in [0.25, 0.3) is 0 Å². The average Bonchev–Trinajstić information content (AvgIpc) is 3.26. The van der Waals surface area contributed by atoms with Gasteiger partial charge in [0, 0.05) is 19.3 Å². The Balaban J connectivity index is 3.81. The summed E-state index contributed by atoms with van der Waals surface area (Å²) in [6.45, 7) is 6.41. The summed E-state index contributed by atoms with van der Waals surface area (Å²) >= 11 is 0. The predicted octanol–water partition coefficient (Wildman–Crippen LogP) is 17.1. The molecule has 0 rings (SSSR count). The normalized spacial score (nSPS) is 12.4. The molecule has 1 unspecified atom stereocenters. The van der Waals surface area contributed by atoms with Crippen molar-refractivity contribution in [3.05, 3.63) is 48.6 Å². The summed E-state index contributed by atoms with van der Waals surface area (Å²) in [4.78, 5) is 37.4. The fraction of sp³-hybridized carbons (Fsp3) is 0.800. The van der Waals surface area contributed by atoms with Crippen molar-refractivity contribution in [2.24, 2.45) is 0 Å². The summed E-state index contributed by atoms with van der Waals surface area (Å²) in [5, 5.41) is 0. The van der Waals surface area contributed by atoms with Crippen molar-refractivity contribution in [2.45, 2.75) is 271 Å². The quantitative estimate of drug-likeness (QED) is 0.0263. The highest BCUT2D eigenvalue weighted by molar-refractivity contribution is 5.71. The standard InChI is InChI=1S/C55H98O6/c1-4-7-10-13-16-17-18-19-20-21-22-23-24-25-26-27-28-29-30-31-32-33-34-35-36-37-38-39-40-43-45-48-54(57)60-51-52(61-55(58)49-46-42-15-12-9-6-3)50-59-53(56)47-44-41-14-11-8-5-2/h7,10,16-17,19-20,22-23,52H,4-6,8-9,11-15,18,21,24-51H2,1-3H3/b10-7-,17-16-,20-19-,23-22-. The first-order valence-corrected chi connectivity index (χ1v) is 26.1. The minimum Gasteiger partial charge on any atom is -0.462 e. The van der Waals surface area contributed by atoms with Crippen LogP contribution < -0.4 is 0 Å². The Bertz CT molecular complexity index is 1070. The zero-order valence-electron chi connectivity index (χ0n) is 40.4. The van der Waals surface area contributed by atoms with Gasteiger partial charge in [-0.2, -0.15) is 0 Å². The average molecular weight is 855 g/mol. The van der Waals surface area contributed by atoms with Crippen molar-refractivity contribution >= 4 is 17.9 Å². The number of allylic oxidation sites excluding steroid dienone is 8. The summed E-state index contributed by atoms with van der Waals surface area (Å²) in [6, 6.07) is 0. The van der Waals surface area contributed by atoms with E-state index in [2.05, 4.69) is 69.4 Å². The smallest absolute Gasteiger partial charge is 0.306 e. The first-order valence-electron chi connectivity index (χ1n) is 26.1. The first kappa shape index (κ1) is 58.4. The number of carbonyl (C=O) groups excluding carboxylic acids is 3. The molecule has 0 amide bonds. The lowest BCUT2D eigenvalue weighted by atomic mass is 10.0. The SMILES string of the molecule is CC/C=C\C/C=C\C/C=C\C/C=C\CCCCCCCCCCCCCCCCCCCCC(=O)OCC(COC(=O)CCCCCCCC)OC(=O)CCCCCCCC. The van der Waals surface area contributed by atoms with E-state index in [-0.39, 0.29) is 31.1 Å². The van der Waals surface area contributed by atoms with E-state index in [9.17, 15) is 14.4 Å². The fourth-order valence-corrected chi connectivity index (χ4v) is 7.43. The van der Waals surface area contributed by atoms with Gasteiger partial charge in [-0.3, -0.25) is 14.4 Å². The zero-order chi connectivity index (χ0) is 44.4. The van der Waals surface area contributed by atoms with E-state index in [0.29, 0.717) is 19.3 Å². The second kappa shape index (κ2) is 50.0. The van der Waals surface area contributed by atoms with Gasteiger partial charge in [0.05, 0.1) is 0 Å². The molecule has 0 aromatic heterocycles. The molecule has 0 aromatic rings. The Morgan fingerprint density at radius 3 is 1.00 bits per heavy atom. The highest BCUT2D eigenvalue weighted by Gasteiger charge is 2.19. The zero-order valence-corrected chi connectivity index (χ0v) is 40.4. The van der Waals surface area contributed by atoms with Gasteiger partial charge in [0.25, 0.3) is 0 Å². The minimum atomic E-state index is -0.761. The van der Waals surface area contributed by atoms with Crippen molar-refractivity contribution in [2.75, 3.05) is 13.2 Å². The lowest BCUT2D eigenvalue weighted by Gasteiger charge is -2.18. The van der Waals surface area contributed by atoms with Gasteiger partial charge in [-0.25, -0.2) is 0 Å². The van der Waals surface area contributed by atoms with Crippen LogP contribution in [0.3, 0.4) is 0 Å². The van der Waals surface area contributed by atoms with Gasteiger partial charge < -0.3 is 14.2 Å². The summed E-state index contributed by atoms with van der Waals surface area (Å²) in [6.07, 6.45) is 60.4. The molecule has 0 bridgehead atoms. The Hall–Kier alpha value is -2.63. The van der Waals surface area contributed by atoms with Crippen molar-refractivity contribution < 1.29 is 28.6 Å². The van der Waals surface area contributed by atoms with E-state index in [0.717, 1.165) is 83.5 Å². The van der Waals surface area contributed by atoms with E-state index in [1.165, 1.54) is 141 Å². The third kappa shape index (κ3) is 48.3. The van der Waals surface area contributed by atoms with Crippen molar-refractivity contribution in [1.29, 1.82) is 0 Å². The van der Waals surface area contributed by atoms with Gasteiger partial charge in [0.2, 0.25) is 0 Å². The molecule has 61 heavy (non-hydrogen) atoms. The summed E-state index contributed by atoms with van der Waals surface area (Å²) in [5.41, 5.74) is 0. The second-order valence-corrected chi connectivity index (χ2v) is 17.4. The van der Waals surface area contributed by atoms with Crippen LogP contribution in [0.5, 0.6) is 0 Å². The third-order valence-electron chi connectivity index (χ3n) is 11.3. The number of hydrogen-bond acceptors (Lipinski definition) is 6. The van der Waals surface area contributed by atoms with E-state index in [4.69, 9.17) is 14.2 Å². The van der Waals surface area contributed by atoms with Crippen LogP contribution in [0.2, 0.25) is 0 Å². The van der Waals surface area contributed by atoms with Crippen LogP contribution in [0.1, 0.15) is 265 Å². The first-order chi connectivity index (χ1) is 30.0. The van der Waals surface area contributed by atoms with Crippen LogP contribution in [0.4, 0.5) is 0 Å². The topological polar surface area (TPSA) is 78.9 Å². The largest absolute Gasteiger partial charge is 0.462 e. The molecule has 0 aliphatic heterocycles. The molecule has 0 spiro atoms. The van der Waals surface area contributed by atoms with Crippen LogP contribution in [0, 0.1) is 0 Å². The summed E-state index contributed by atoms with van der Waals surface area (Å²) in [5.74, 6) is -0.883. The number of rotatable bonds is 47. The molecule has 0 heterocycles. The molecule has 0 fully saturated rings. The van der Waals surface area contributed by atoms with Gasteiger partial charge in [-0.05, 0) is 57.8 Å². The molecule has 0 aliphatic carbocycles.